The van der Waals surface area contributed by atoms with Crippen LogP contribution in [0.1, 0.15) is 5.56 Å². The van der Waals surface area contributed by atoms with Gasteiger partial charge in [-0.05, 0) is 24.6 Å². The molecular weight excluding hydrogens is 196 g/mol. The van der Waals surface area contributed by atoms with E-state index in [0.717, 1.165) is 11.2 Å². The Morgan fingerprint density at radius 2 is 1.81 bits per heavy atom. The lowest BCUT2D eigenvalue weighted by Crippen LogP contribution is -1.84. The van der Waals surface area contributed by atoms with Crippen LogP contribution in [0.2, 0.25) is 0 Å². The van der Waals surface area contributed by atoms with Crippen LogP contribution in [0.15, 0.2) is 55.0 Å². The van der Waals surface area contributed by atoms with Crippen LogP contribution in [0.4, 0.5) is 0 Å². The maximum Gasteiger partial charge on any atom is 0.0999 e. The van der Waals surface area contributed by atoms with Crippen molar-refractivity contribution in [1.82, 2.24) is 9.38 Å². The average molecular weight is 208 g/mol. The Bertz CT molecular complexity index is 638. The van der Waals surface area contributed by atoms with Crippen LogP contribution in [0, 0.1) is 6.92 Å². The number of aromatic nitrogens is 2. The Balaban J connectivity index is 2.31. The fourth-order valence-electron chi connectivity index (χ4n) is 1.99. The third-order valence-corrected chi connectivity index (χ3v) is 2.84. The summed E-state index contributed by atoms with van der Waals surface area (Å²) in [5, 5.41) is 0. The van der Waals surface area contributed by atoms with Gasteiger partial charge in [0.15, 0.2) is 0 Å². The molecule has 0 unspecified atom stereocenters. The Kier molecular flexibility index (Phi) is 2.00. The molecule has 2 heteroatoms. The Labute approximate surface area is 94.2 Å². The monoisotopic (exact) mass is 208 g/mol. The summed E-state index contributed by atoms with van der Waals surface area (Å²) in [5.74, 6) is 0. The Morgan fingerprint density at radius 1 is 1.00 bits per heavy atom. The van der Waals surface area contributed by atoms with Crippen molar-refractivity contribution in [3.8, 4) is 11.3 Å². The van der Waals surface area contributed by atoms with Gasteiger partial charge in [0.25, 0.3) is 0 Å². The molecule has 0 aliphatic carbocycles. The lowest BCUT2D eigenvalue weighted by atomic mass is 10.1. The molecule has 78 valence electrons. The zero-order valence-corrected chi connectivity index (χ0v) is 9.09. The first-order valence-corrected chi connectivity index (χ1v) is 5.34. The predicted octanol–water partition coefficient (Wildman–Crippen LogP) is 3.31. The second kappa shape index (κ2) is 3.49. The van der Waals surface area contributed by atoms with Crippen molar-refractivity contribution in [1.29, 1.82) is 0 Å². The normalized spacial score (nSPS) is 10.8. The van der Waals surface area contributed by atoms with Gasteiger partial charge in [-0.2, -0.15) is 0 Å². The van der Waals surface area contributed by atoms with Gasteiger partial charge in [-0.3, -0.25) is 0 Å². The Morgan fingerprint density at radius 3 is 2.69 bits per heavy atom. The summed E-state index contributed by atoms with van der Waals surface area (Å²) in [6.07, 6.45) is 3.88. The van der Waals surface area contributed by atoms with Crippen LogP contribution in [-0.2, 0) is 0 Å². The van der Waals surface area contributed by atoms with Gasteiger partial charge in [0.2, 0.25) is 0 Å². The van der Waals surface area contributed by atoms with Gasteiger partial charge >= 0.3 is 0 Å². The molecule has 0 aliphatic heterocycles. The van der Waals surface area contributed by atoms with Gasteiger partial charge in [-0.1, -0.05) is 30.3 Å². The standard InChI is InChI=1S/C14H12N2/c1-11-6-2-3-7-12(11)14-13-8-4-5-9-16(13)10-15-14/h2-10H,1H3. The quantitative estimate of drug-likeness (QED) is 0.599. The average Bonchev–Trinajstić information content (AvgIpc) is 2.74. The first-order chi connectivity index (χ1) is 7.86. The van der Waals surface area contributed by atoms with Gasteiger partial charge in [0, 0.05) is 11.8 Å². The first kappa shape index (κ1) is 9.16. The van der Waals surface area contributed by atoms with Crippen molar-refractivity contribution in [2.45, 2.75) is 6.92 Å². The molecule has 0 amide bonds. The van der Waals surface area contributed by atoms with E-state index < -0.39 is 0 Å². The van der Waals surface area contributed by atoms with Crippen LogP contribution in [-0.4, -0.2) is 9.38 Å². The number of benzene rings is 1. The zero-order valence-electron chi connectivity index (χ0n) is 9.09. The topological polar surface area (TPSA) is 17.3 Å². The van der Waals surface area contributed by atoms with Crippen molar-refractivity contribution in [3.05, 3.63) is 60.6 Å². The highest BCUT2D eigenvalue weighted by Crippen LogP contribution is 2.25. The molecular formula is C14H12N2. The number of nitrogens with zero attached hydrogens (tertiary/aromatic N) is 2. The van der Waals surface area contributed by atoms with E-state index in [1.807, 2.05) is 29.1 Å². The third kappa shape index (κ3) is 1.31. The van der Waals surface area contributed by atoms with Crippen molar-refractivity contribution >= 4 is 5.52 Å². The second-order valence-corrected chi connectivity index (χ2v) is 3.90. The van der Waals surface area contributed by atoms with Crippen LogP contribution < -0.4 is 0 Å². The van der Waals surface area contributed by atoms with Crippen molar-refractivity contribution in [2.75, 3.05) is 0 Å². The number of hydrogen-bond donors (Lipinski definition) is 0. The number of hydrogen-bond acceptors (Lipinski definition) is 1. The van der Waals surface area contributed by atoms with Crippen LogP contribution in [0.3, 0.4) is 0 Å². The van der Waals surface area contributed by atoms with E-state index in [4.69, 9.17) is 0 Å². The summed E-state index contributed by atoms with van der Waals surface area (Å²) in [4.78, 5) is 4.49. The molecule has 0 atom stereocenters. The molecule has 2 heterocycles. The maximum atomic E-state index is 4.49. The molecule has 2 nitrogen and oxygen atoms in total. The first-order valence-electron chi connectivity index (χ1n) is 5.34. The summed E-state index contributed by atoms with van der Waals surface area (Å²) >= 11 is 0. The number of rotatable bonds is 1. The molecule has 0 spiro atoms. The van der Waals surface area contributed by atoms with Gasteiger partial charge in [-0.15, -0.1) is 0 Å². The smallest absolute Gasteiger partial charge is 0.0999 e. The van der Waals surface area contributed by atoms with E-state index in [2.05, 4.69) is 42.2 Å². The maximum absolute atomic E-state index is 4.49. The molecule has 16 heavy (non-hydrogen) atoms. The van der Waals surface area contributed by atoms with Gasteiger partial charge in [0.1, 0.15) is 0 Å². The van der Waals surface area contributed by atoms with Gasteiger partial charge < -0.3 is 4.40 Å². The highest BCUT2D eigenvalue weighted by Gasteiger charge is 2.07. The molecule has 1 aromatic carbocycles. The number of imidazole rings is 1. The highest BCUT2D eigenvalue weighted by atomic mass is 15.0. The SMILES string of the molecule is Cc1ccccc1-c1ncn2ccccc12. The van der Waals surface area contributed by atoms with E-state index in [9.17, 15) is 0 Å². The minimum atomic E-state index is 1.05. The van der Waals surface area contributed by atoms with E-state index in [1.54, 1.807) is 0 Å². The van der Waals surface area contributed by atoms with Crippen LogP contribution in [0.25, 0.3) is 16.8 Å². The van der Waals surface area contributed by atoms with Crippen LogP contribution in [0.5, 0.6) is 0 Å². The number of aryl methyl sites for hydroxylation is 1. The molecule has 0 radical (unpaired) electrons. The summed E-state index contributed by atoms with van der Waals surface area (Å²) in [7, 11) is 0. The van der Waals surface area contributed by atoms with Gasteiger partial charge in [-0.25, -0.2) is 4.98 Å². The largest absolute Gasteiger partial charge is 0.306 e. The van der Waals surface area contributed by atoms with Crippen LogP contribution >= 0.6 is 0 Å². The van der Waals surface area contributed by atoms with E-state index in [-0.39, 0.29) is 0 Å². The minimum absolute atomic E-state index is 1.05. The molecule has 0 aliphatic rings. The summed E-state index contributed by atoms with van der Waals surface area (Å²) in [6, 6.07) is 14.5. The third-order valence-electron chi connectivity index (χ3n) is 2.84. The van der Waals surface area contributed by atoms with Gasteiger partial charge in [0.05, 0.1) is 17.5 Å². The minimum Gasteiger partial charge on any atom is -0.306 e. The zero-order chi connectivity index (χ0) is 11.0. The lowest BCUT2D eigenvalue weighted by molar-refractivity contribution is 1.15. The molecule has 0 N–H and O–H groups in total. The van der Waals surface area contributed by atoms with E-state index in [1.165, 1.54) is 11.1 Å². The highest BCUT2D eigenvalue weighted by molar-refractivity contribution is 5.78. The number of pyridine rings is 1. The van der Waals surface area contributed by atoms with Crippen molar-refractivity contribution in [3.63, 3.8) is 0 Å². The molecule has 3 aromatic rings. The Hall–Kier alpha value is -2.09. The molecule has 0 saturated heterocycles. The van der Waals surface area contributed by atoms with Crippen molar-refractivity contribution < 1.29 is 0 Å². The predicted molar refractivity (Wildman–Crippen MR) is 65.4 cm³/mol. The molecule has 2 aromatic heterocycles. The molecule has 3 rings (SSSR count). The fraction of sp³-hybridized carbons (Fsp3) is 0.0714. The molecule has 0 fully saturated rings. The van der Waals surface area contributed by atoms with E-state index in [0.29, 0.717) is 0 Å². The summed E-state index contributed by atoms with van der Waals surface area (Å²) in [5.41, 5.74) is 4.67. The molecule has 0 saturated carbocycles. The summed E-state index contributed by atoms with van der Waals surface area (Å²) in [6.45, 7) is 2.11. The summed E-state index contributed by atoms with van der Waals surface area (Å²) < 4.78 is 2.04. The van der Waals surface area contributed by atoms with E-state index >= 15 is 0 Å². The second-order valence-electron chi connectivity index (χ2n) is 3.90. The van der Waals surface area contributed by atoms with Crippen molar-refractivity contribution in [2.24, 2.45) is 0 Å². The molecule has 0 bridgehead atoms. The number of fused-ring (bicyclic) bond motifs is 1. The lowest BCUT2D eigenvalue weighted by Gasteiger charge is -2.02. The fourth-order valence-corrected chi connectivity index (χ4v) is 1.99.